The van der Waals surface area contributed by atoms with Crippen LogP contribution < -0.4 is 30.6 Å². The number of unbranched alkanes of at least 4 members (excludes halogenated alkanes) is 1. The summed E-state index contributed by atoms with van der Waals surface area (Å²) in [5.74, 6) is 0.351. The Morgan fingerprint density at radius 2 is 2.03 bits per heavy atom. The molecular formula is C22H31N7O2+2. The minimum absolute atomic E-state index is 0.0433. The van der Waals surface area contributed by atoms with Crippen molar-refractivity contribution in [3.63, 3.8) is 0 Å². The van der Waals surface area contributed by atoms with E-state index in [1.807, 2.05) is 49.1 Å². The molecule has 0 fully saturated rings. The number of nitrogens with one attached hydrogen (secondary N) is 4. The van der Waals surface area contributed by atoms with E-state index in [9.17, 15) is 9.59 Å². The first-order chi connectivity index (χ1) is 14.9. The van der Waals surface area contributed by atoms with Crippen molar-refractivity contribution in [1.29, 1.82) is 0 Å². The molecule has 3 aromatic rings. The van der Waals surface area contributed by atoms with Crippen molar-refractivity contribution < 1.29 is 14.3 Å². The van der Waals surface area contributed by atoms with Crippen LogP contribution in [0.1, 0.15) is 48.8 Å². The Labute approximate surface area is 181 Å². The number of carbonyl (C=O) groups is 1. The highest BCUT2D eigenvalue weighted by molar-refractivity contribution is 5.94. The minimum atomic E-state index is -0.219. The van der Waals surface area contributed by atoms with Gasteiger partial charge in [0.05, 0.1) is 0 Å². The highest BCUT2D eigenvalue weighted by Crippen LogP contribution is 2.23. The van der Waals surface area contributed by atoms with Crippen LogP contribution in [0.2, 0.25) is 0 Å². The Kier molecular flexibility index (Phi) is 6.84. The van der Waals surface area contributed by atoms with Crippen LogP contribution in [0.4, 0.5) is 11.6 Å². The van der Waals surface area contributed by atoms with Gasteiger partial charge in [-0.1, -0.05) is 13.3 Å². The molecule has 2 heterocycles. The molecule has 31 heavy (non-hydrogen) atoms. The molecule has 1 atom stereocenters. The van der Waals surface area contributed by atoms with E-state index >= 15 is 0 Å². The molecule has 4 N–H and O–H groups in total. The highest BCUT2D eigenvalue weighted by atomic mass is 16.1. The van der Waals surface area contributed by atoms with E-state index in [2.05, 4.69) is 44.3 Å². The maximum atomic E-state index is 12.6. The van der Waals surface area contributed by atoms with Gasteiger partial charge in [-0.3, -0.25) is 14.6 Å². The molecule has 0 radical (unpaired) electrons. The summed E-state index contributed by atoms with van der Waals surface area (Å²) >= 11 is 0. The van der Waals surface area contributed by atoms with Gasteiger partial charge >= 0.3 is 22.7 Å². The van der Waals surface area contributed by atoms with Crippen LogP contribution in [0.15, 0.2) is 35.3 Å². The molecule has 0 aliphatic carbocycles. The number of aromatic amines is 2. The lowest BCUT2D eigenvalue weighted by Crippen LogP contribution is -2.45. The average Bonchev–Trinajstić information content (AvgIpc) is 2.78. The molecule has 1 unspecified atom stereocenters. The molecule has 0 spiro atoms. The predicted molar refractivity (Wildman–Crippen MR) is 120 cm³/mol. The second-order valence-corrected chi connectivity index (χ2v) is 7.58. The summed E-state index contributed by atoms with van der Waals surface area (Å²) < 4.78 is 1.85. The van der Waals surface area contributed by atoms with Crippen molar-refractivity contribution in [2.24, 2.45) is 7.05 Å². The normalized spacial score (nSPS) is 11.9. The molecule has 2 aromatic heterocycles. The van der Waals surface area contributed by atoms with Crippen LogP contribution in [-0.4, -0.2) is 36.5 Å². The second kappa shape index (κ2) is 9.55. The monoisotopic (exact) mass is 425 g/mol. The summed E-state index contributed by atoms with van der Waals surface area (Å²) in [6.45, 7) is 4.84. The average molecular weight is 426 g/mol. The number of hydrogen-bond acceptors (Lipinski definition) is 5. The molecule has 0 saturated carbocycles. The van der Waals surface area contributed by atoms with Gasteiger partial charge in [-0.25, -0.2) is 4.98 Å². The van der Waals surface area contributed by atoms with Gasteiger partial charge in [0, 0.05) is 36.9 Å². The third-order valence-corrected chi connectivity index (χ3v) is 5.57. The number of hydrogen-bond donors (Lipinski definition) is 3. The van der Waals surface area contributed by atoms with Crippen molar-refractivity contribution in [3.8, 4) is 0 Å². The van der Waals surface area contributed by atoms with Gasteiger partial charge < -0.3 is 15.5 Å². The first kappa shape index (κ1) is 22.2. The maximum Gasteiger partial charge on any atom is 0.403 e. The molecule has 164 valence electrons. The molecule has 9 heteroatoms. The fourth-order valence-electron chi connectivity index (χ4n) is 3.52. The van der Waals surface area contributed by atoms with E-state index in [4.69, 9.17) is 0 Å². The number of amides is 1. The molecule has 0 aliphatic heterocycles. The number of H-pyrrole nitrogens is 2. The number of aromatic nitrogens is 4. The number of rotatable bonds is 8. The lowest BCUT2D eigenvalue weighted by molar-refractivity contribution is -0.663. The van der Waals surface area contributed by atoms with E-state index in [-0.39, 0.29) is 17.5 Å². The Balaban J connectivity index is 1.84. The number of carbonyl (C=O) groups excluding carboxylic acids is 1. The topological polar surface area (TPSA) is 108 Å². The van der Waals surface area contributed by atoms with Crippen molar-refractivity contribution in [3.05, 3.63) is 52.1 Å². The van der Waals surface area contributed by atoms with Crippen LogP contribution in [0.25, 0.3) is 11.2 Å². The van der Waals surface area contributed by atoms with Crippen molar-refractivity contribution in [2.75, 3.05) is 30.9 Å². The fourth-order valence-corrected chi connectivity index (χ4v) is 3.52. The Bertz CT molecular complexity index is 1130. The lowest BCUT2D eigenvalue weighted by Gasteiger charge is -2.24. The van der Waals surface area contributed by atoms with Gasteiger partial charge in [0.25, 0.3) is 5.91 Å². The van der Waals surface area contributed by atoms with Gasteiger partial charge in [0.1, 0.15) is 13.1 Å². The largest absolute Gasteiger partial charge is 0.403 e. The van der Waals surface area contributed by atoms with Crippen LogP contribution in [-0.2, 0) is 7.05 Å². The molecule has 0 aliphatic rings. The predicted octanol–water partition coefficient (Wildman–Crippen LogP) is 1.33. The summed E-state index contributed by atoms with van der Waals surface area (Å²) in [5, 5.41) is 5.78. The molecular weight excluding hydrogens is 394 g/mol. The first-order valence-corrected chi connectivity index (χ1v) is 10.5. The van der Waals surface area contributed by atoms with E-state index < -0.39 is 0 Å². The Hall–Kier alpha value is -3.49. The highest BCUT2D eigenvalue weighted by Gasteiger charge is 2.29. The summed E-state index contributed by atoms with van der Waals surface area (Å²) in [7, 11) is 5.54. The number of benzene rings is 1. The van der Waals surface area contributed by atoms with Crippen LogP contribution in [0.5, 0.6) is 0 Å². The van der Waals surface area contributed by atoms with Gasteiger partial charge in [-0.2, -0.15) is 4.57 Å². The van der Waals surface area contributed by atoms with E-state index in [0.717, 1.165) is 24.2 Å². The zero-order chi connectivity index (χ0) is 22.5. The summed E-state index contributed by atoms with van der Waals surface area (Å²) in [4.78, 5) is 37.1. The minimum Gasteiger partial charge on any atom is -0.362 e. The number of anilines is 2. The van der Waals surface area contributed by atoms with E-state index in [1.54, 1.807) is 7.05 Å². The zero-order valence-electron chi connectivity index (χ0n) is 18.7. The fraction of sp³-hybridized carbons (Fsp3) is 0.409. The quantitative estimate of drug-likeness (QED) is 0.373. The maximum absolute atomic E-state index is 12.6. The Morgan fingerprint density at radius 1 is 1.32 bits per heavy atom. The molecule has 1 aromatic carbocycles. The molecule has 9 nitrogen and oxygen atoms in total. The van der Waals surface area contributed by atoms with Gasteiger partial charge in [-0.05, 0) is 37.6 Å². The standard InChI is InChI=1S/C22H29N7O2/c1-6-7-12-24-20(30)15-8-10-16(11-9-15)28(4)14(2)17-13-25-19-18(29(17)5)21(31)27-22(23-3)26-19/h8-11,13-14H,6-7,12H2,1-5H3,(H2-,23,24,25,26,27,30,31)/p+2. The van der Waals surface area contributed by atoms with Crippen molar-refractivity contribution in [2.45, 2.75) is 32.7 Å². The SMILES string of the molecule is CCCCNC(=O)c1ccc(N(C)C(C)c2c[nH+]c3nc(NC)[nH]c(=O)c3[n+]2C)cc1. The van der Waals surface area contributed by atoms with E-state index in [1.165, 1.54) is 0 Å². The Morgan fingerprint density at radius 3 is 2.68 bits per heavy atom. The molecule has 0 bridgehead atoms. The van der Waals surface area contributed by atoms with Crippen molar-refractivity contribution >= 4 is 28.7 Å². The summed E-state index contributed by atoms with van der Waals surface area (Å²) in [6, 6.07) is 7.49. The smallest absolute Gasteiger partial charge is 0.362 e. The van der Waals surface area contributed by atoms with Crippen LogP contribution in [0.3, 0.4) is 0 Å². The lowest BCUT2D eigenvalue weighted by atomic mass is 10.1. The number of aryl methyl sites for hydroxylation is 1. The summed E-state index contributed by atoms with van der Waals surface area (Å²) in [5.41, 5.74) is 3.28. The summed E-state index contributed by atoms with van der Waals surface area (Å²) in [6.07, 6.45) is 3.88. The molecule has 1 amide bonds. The first-order valence-electron chi connectivity index (χ1n) is 10.5. The zero-order valence-corrected chi connectivity index (χ0v) is 18.7. The van der Waals surface area contributed by atoms with Gasteiger partial charge in [-0.15, -0.1) is 0 Å². The molecule has 0 saturated heterocycles. The second-order valence-electron chi connectivity index (χ2n) is 7.58. The third-order valence-electron chi connectivity index (χ3n) is 5.57. The third kappa shape index (κ3) is 4.65. The van der Waals surface area contributed by atoms with Gasteiger partial charge in [0.15, 0.2) is 6.20 Å². The number of fused-ring (bicyclic) bond motifs is 1. The van der Waals surface area contributed by atoms with Crippen LogP contribution in [0, 0.1) is 0 Å². The van der Waals surface area contributed by atoms with Crippen molar-refractivity contribution in [1.82, 2.24) is 15.3 Å². The molecule has 3 rings (SSSR count). The van der Waals surface area contributed by atoms with E-state index in [0.29, 0.717) is 29.2 Å². The number of nitrogens with zero attached hydrogens (tertiary/aromatic N) is 3. The van der Waals surface area contributed by atoms with Gasteiger partial charge in [0.2, 0.25) is 5.69 Å². The van der Waals surface area contributed by atoms with Crippen LogP contribution >= 0.6 is 0 Å².